The molecule has 0 N–H and O–H groups in total. The normalized spacial score (nSPS) is 18.3. The van der Waals surface area contributed by atoms with Crippen molar-refractivity contribution in [1.82, 2.24) is 4.98 Å². The Hall–Kier alpha value is -3.88. The third-order valence-electron chi connectivity index (χ3n) is 6.38. The van der Waals surface area contributed by atoms with E-state index in [1.807, 2.05) is 54.6 Å². The van der Waals surface area contributed by atoms with Gasteiger partial charge in [-0.3, -0.25) is 18.9 Å². The maximum atomic E-state index is 13.6. The molecule has 5 aromatic rings. The number of fused-ring (bicyclic) bond motifs is 5. The third-order valence-corrected chi connectivity index (χ3v) is 6.94. The van der Waals surface area contributed by atoms with E-state index in [4.69, 9.17) is 4.18 Å². The first-order chi connectivity index (χ1) is 16.8. The average Bonchev–Trinajstić information content (AvgIpc) is 2.85. The van der Waals surface area contributed by atoms with E-state index in [0.29, 0.717) is 11.4 Å². The highest BCUT2D eigenvalue weighted by Gasteiger charge is 2.53. The number of hydrogen-bond donors (Lipinski definition) is 0. The van der Waals surface area contributed by atoms with Crippen molar-refractivity contribution in [3.05, 3.63) is 96.6 Å². The summed E-state index contributed by atoms with van der Waals surface area (Å²) >= 11 is 0. The Labute approximate surface area is 200 Å². The zero-order valence-corrected chi connectivity index (χ0v) is 19.4. The summed E-state index contributed by atoms with van der Waals surface area (Å²) in [7, 11) is -3.93. The van der Waals surface area contributed by atoms with E-state index < -0.39 is 34.0 Å². The van der Waals surface area contributed by atoms with Crippen LogP contribution in [-0.4, -0.2) is 31.7 Å². The quantitative estimate of drug-likeness (QED) is 0.200. The van der Waals surface area contributed by atoms with Crippen LogP contribution in [0.25, 0.3) is 32.3 Å². The first-order valence-corrected chi connectivity index (χ1v) is 12.8. The smallest absolute Gasteiger partial charge is 0.265 e. The number of carbonyl (C=O) groups is 1. The molecule has 8 heteroatoms. The van der Waals surface area contributed by atoms with E-state index in [0.717, 1.165) is 44.8 Å². The standard InChI is InChI=1S/C27H19FN2O4S/c1-35(32,33)34-26-25(23-13-11-17(28)15-29-23)30(27(26)31)24-14-22-18-7-3-2-6-16(18)10-12-20(22)19-8-4-5-9-21(19)24/h2-15,25-26H,1H3/t25-,26-/m0/s1. The lowest BCUT2D eigenvalue weighted by atomic mass is 9.90. The molecule has 1 aliphatic heterocycles. The van der Waals surface area contributed by atoms with Crippen LogP contribution in [-0.2, 0) is 19.1 Å². The Balaban J connectivity index is 1.62. The van der Waals surface area contributed by atoms with Crippen LogP contribution in [0.3, 0.4) is 0 Å². The van der Waals surface area contributed by atoms with Gasteiger partial charge in [-0.15, -0.1) is 0 Å². The van der Waals surface area contributed by atoms with Crippen molar-refractivity contribution in [2.24, 2.45) is 0 Å². The van der Waals surface area contributed by atoms with E-state index in [1.54, 1.807) is 0 Å². The van der Waals surface area contributed by atoms with E-state index in [2.05, 4.69) is 17.1 Å². The summed E-state index contributed by atoms with van der Waals surface area (Å²) in [6.07, 6.45) is 0.653. The lowest BCUT2D eigenvalue weighted by molar-refractivity contribution is -0.134. The van der Waals surface area contributed by atoms with Gasteiger partial charge in [0, 0.05) is 5.39 Å². The van der Waals surface area contributed by atoms with Gasteiger partial charge in [0.05, 0.1) is 23.8 Å². The minimum atomic E-state index is -3.93. The van der Waals surface area contributed by atoms with Gasteiger partial charge in [-0.1, -0.05) is 60.7 Å². The van der Waals surface area contributed by atoms with Gasteiger partial charge >= 0.3 is 0 Å². The molecule has 0 spiro atoms. The van der Waals surface area contributed by atoms with Crippen molar-refractivity contribution >= 4 is 54.0 Å². The minimum Gasteiger partial charge on any atom is -0.297 e. The summed E-state index contributed by atoms with van der Waals surface area (Å²) in [5.41, 5.74) is 0.945. The van der Waals surface area contributed by atoms with Crippen LogP contribution in [0.15, 0.2) is 85.1 Å². The van der Waals surface area contributed by atoms with Crippen molar-refractivity contribution in [3.8, 4) is 0 Å². The van der Waals surface area contributed by atoms with Crippen molar-refractivity contribution in [2.45, 2.75) is 12.1 Å². The molecule has 35 heavy (non-hydrogen) atoms. The third kappa shape index (κ3) is 3.53. The molecule has 1 aromatic heterocycles. The predicted molar refractivity (Wildman–Crippen MR) is 133 cm³/mol. The zero-order valence-electron chi connectivity index (χ0n) is 18.6. The van der Waals surface area contributed by atoms with Gasteiger partial charge in [-0.25, -0.2) is 4.39 Å². The topological polar surface area (TPSA) is 76.6 Å². The molecule has 0 radical (unpaired) electrons. The molecule has 1 aliphatic rings. The highest BCUT2D eigenvalue weighted by molar-refractivity contribution is 7.86. The Morgan fingerprint density at radius 3 is 2.26 bits per heavy atom. The second-order valence-electron chi connectivity index (χ2n) is 8.60. The van der Waals surface area contributed by atoms with E-state index >= 15 is 0 Å². The number of rotatable bonds is 4. The van der Waals surface area contributed by atoms with Gasteiger partial charge in [-0.05, 0) is 45.1 Å². The maximum absolute atomic E-state index is 13.6. The van der Waals surface area contributed by atoms with Crippen molar-refractivity contribution in [2.75, 3.05) is 11.2 Å². The number of halogens is 1. The molecule has 4 aromatic carbocycles. The Bertz CT molecular complexity index is 1750. The zero-order chi connectivity index (χ0) is 24.3. The molecular formula is C27H19FN2O4S. The molecule has 0 bridgehead atoms. The second kappa shape index (κ2) is 7.83. The van der Waals surface area contributed by atoms with Gasteiger partial charge in [0.25, 0.3) is 16.0 Å². The van der Waals surface area contributed by atoms with E-state index in [1.165, 1.54) is 17.0 Å². The van der Waals surface area contributed by atoms with E-state index in [9.17, 15) is 17.6 Å². The molecule has 0 saturated carbocycles. The minimum absolute atomic E-state index is 0.335. The lowest BCUT2D eigenvalue weighted by Crippen LogP contribution is -2.61. The van der Waals surface area contributed by atoms with Crippen LogP contribution in [0.1, 0.15) is 11.7 Å². The number of hydrogen-bond acceptors (Lipinski definition) is 5. The number of nitrogens with zero attached hydrogens (tertiary/aromatic N) is 2. The highest BCUT2D eigenvalue weighted by Crippen LogP contribution is 2.46. The van der Waals surface area contributed by atoms with Gasteiger partial charge in [0.2, 0.25) is 0 Å². The van der Waals surface area contributed by atoms with Gasteiger partial charge < -0.3 is 0 Å². The van der Waals surface area contributed by atoms with Crippen LogP contribution in [0, 0.1) is 5.82 Å². The Morgan fingerprint density at radius 2 is 1.54 bits per heavy atom. The number of pyridine rings is 1. The number of amides is 1. The highest BCUT2D eigenvalue weighted by atomic mass is 32.2. The molecule has 6 rings (SSSR count). The molecule has 1 saturated heterocycles. The molecule has 2 heterocycles. The summed E-state index contributed by atoms with van der Waals surface area (Å²) in [4.78, 5) is 19.0. The van der Waals surface area contributed by atoms with Crippen LogP contribution in [0.5, 0.6) is 0 Å². The summed E-state index contributed by atoms with van der Waals surface area (Å²) in [6, 6.07) is 23.7. The summed E-state index contributed by atoms with van der Waals surface area (Å²) in [6.45, 7) is 0. The van der Waals surface area contributed by atoms with Crippen molar-refractivity contribution in [3.63, 3.8) is 0 Å². The molecular weight excluding hydrogens is 467 g/mol. The molecule has 0 aliphatic carbocycles. The van der Waals surface area contributed by atoms with Crippen LogP contribution < -0.4 is 4.90 Å². The SMILES string of the molecule is CS(=O)(=O)O[C@@H]1C(=O)N(c2cc3c4ccccc4ccc3c3ccccc23)[C@H]1c1ccc(F)cn1. The van der Waals surface area contributed by atoms with Gasteiger partial charge in [0.1, 0.15) is 11.9 Å². The molecule has 174 valence electrons. The Morgan fingerprint density at radius 1 is 0.857 bits per heavy atom. The fourth-order valence-corrected chi connectivity index (χ4v) is 5.47. The number of β-lactam (4-membered cyclic amide) rings is 1. The number of benzene rings is 4. The van der Waals surface area contributed by atoms with Crippen LogP contribution >= 0.6 is 0 Å². The molecule has 2 atom stereocenters. The average molecular weight is 487 g/mol. The fraction of sp³-hybridized carbons (Fsp3) is 0.111. The molecule has 0 unspecified atom stereocenters. The predicted octanol–water partition coefficient (Wildman–Crippen LogP) is 5.11. The maximum Gasteiger partial charge on any atom is 0.265 e. The van der Waals surface area contributed by atoms with Gasteiger partial charge in [-0.2, -0.15) is 8.42 Å². The number of aromatic nitrogens is 1. The van der Waals surface area contributed by atoms with Crippen LogP contribution in [0.2, 0.25) is 0 Å². The molecule has 1 amide bonds. The van der Waals surface area contributed by atoms with Crippen molar-refractivity contribution in [1.29, 1.82) is 0 Å². The summed E-state index contributed by atoms with van der Waals surface area (Å²) in [5.74, 6) is -1.04. The summed E-state index contributed by atoms with van der Waals surface area (Å²) < 4.78 is 42.6. The van der Waals surface area contributed by atoms with Gasteiger partial charge in [0.15, 0.2) is 6.10 Å². The van der Waals surface area contributed by atoms with Crippen LogP contribution in [0.4, 0.5) is 10.1 Å². The van der Waals surface area contributed by atoms with E-state index in [-0.39, 0.29) is 0 Å². The monoisotopic (exact) mass is 486 g/mol. The first kappa shape index (κ1) is 21.6. The molecule has 6 nitrogen and oxygen atoms in total. The number of anilines is 1. The fourth-order valence-electron chi connectivity index (χ4n) is 4.90. The number of carbonyl (C=O) groups excluding carboxylic acids is 1. The lowest BCUT2D eigenvalue weighted by Gasteiger charge is -2.45. The second-order valence-corrected chi connectivity index (χ2v) is 10.2. The Kier molecular flexibility index (Phi) is 4.84. The summed E-state index contributed by atoms with van der Waals surface area (Å²) in [5, 5.41) is 5.88. The first-order valence-electron chi connectivity index (χ1n) is 11.0. The molecule has 1 fully saturated rings. The largest absolute Gasteiger partial charge is 0.297 e. The van der Waals surface area contributed by atoms with Crippen molar-refractivity contribution < 1.29 is 21.8 Å².